The van der Waals surface area contributed by atoms with Crippen LogP contribution in [0.2, 0.25) is 0 Å². The summed E-state index contributed by atoms with van der Waals surface area (Å²) in [5.41, 5.74) is 1.31. The van der Waals surface area contributed by atoms with E-state index in [9.17, 15) is 0 Å². The minimum atomic E-state index is 0.466. The van der Waals surface area contributed by atoms with E-state index in [1.54, 1.807) is 0 Å². The average Bonchev–Trinajstić information content (AvgIpc) is 2.49. The van der Waals surface area contributed by atoms with Gasteiger partial charge in [-0.3, -0.25) is 0 Å². The lowest BCUT2D eigenvalue weighted by atomic mass is 9.76. The van der Waals surface area contributed by atoms with E-state index in [0.717, 1.165) is 18.4 Å². The molecule has 106 valence electrons. The SMILES string of the molecule is CCCNC(c1ccnnc1)C1CCC(CC)CC1. The molecule has 1 heterocycles. The zero-order chi connectivity index (χ0) is 13.5. The molecule has 1 saturated carbocycles. The summed E-state index contributed by atoms with van der Waals surface area (Å²) in [6.45, 7) is 5.63. The summed E-state index contributed by atoms with van der Waals surface area (Å²) in [4.78, 5) is 0. The van der Waals surface area contributed by atoms with Gasteiger partial charge < -0.3 is 5.32 Å². The Kier molecular flexibility index (Phi) is 5.77. The lowest BCUT2D eigenvalue weighted by molar-refractivity contribution is 0.218. The fraction of sp³-hybridized carbons (Fsp3) is 0.750. The van der Waals surface area contributed by atoms with Gasteiger partial charge in [0, 0.05) is 12.2 Å². The molecule has 1 unspecified atom stereocenters. The number of nitrogens with one attached hydrogen (secondary N) is 1. The van der Waals surface area contributed by atoms with E-state index in [4.69, 9.17) is 0 Å². The minimum Gasteiger partial charge on any atom is -0.310 e. The van der Waals surface area contributed by atoms with Gasteiger partial charge in [-0.15, -0.1) is 0 Å². The van der Waals surface area contributed by atoms with E-state index in [1.165, 1.54) is 44.1 Å². The van der Waals surface area contributed by atoms with Crippen LogP contribution in [-0.4, -0.2) is 16.7 Å². The molecule has 0 aliphatic heterocycles. The molecule has 1 atom stereocenters. The smallest absolute Gasteiger partial charge is 0.0544 e. The van der Waals surface area contributed by atoms with Crippen LogP contribution in [0.15, 0.2) is 18.5 Å². The molecule has 0 amide bonds. The highest BCUT2D eigenvalue weighted by atomic mass is 15.1. The van der Waals surface area contributed by atoms with Gasteiger partial charge in [0.05, 0.1) is 6.20 Å². The van der Waals surface area contributed by atoms with Gasteiger partial charge >= 0.3 is 0 Å². The van der Waals surface area contributed by atoms with Crippen molar-refractivity contribution in [2.45, 2.75) is 58.4 Å². The second-order valence-corrected chi connectivity index (χ2v) is 5.80. The van der Waals surface area contributed by atoms with Crippen molar-refractivity contribution in [1.29, 1.82) is 0 Å². The Balaban J connectivity index is 2.02. The number of aromatic nitrogens is 2. The third kappa shape index (κ3) is 4.00. The highest BCUT2D eigenvalue weighted by molar-refractivity contribution is 5.13. The van der Waals surface area contributed by atoms with Gasteiger partial charge in [0.1, 0.15) is 0 Å². The van der Waals surface area contributed by atoms with Gasteiger partial charge in [-0.25, -0.2) is 0 Å². The molecule has 1 aliphatic rings. The van der Waals surface area contributed by atoms with Gasteiger partial charge in [-0.2, -0.15) is 10.2 Å². The zero-order valence-electron chi connectivity index (χ0n) is 12.3. The molecular formula is C16H27N3. The molecule has 3 heteroatoms. The van der Waals surface area contributed by atoms with E-state index in [2.05, 4.69) is 35.4 Å². The maximum Gasteiger partial charge on any atom is 0.0544 e. The molecule has 3 nitrogen and oxygen atoms in total. The Labute approximate surface area is 117 Å². The summed E-state index contributed by atoms with van der Waals surface area (Å²) in [5, 5.41) is 11.7. The molecule has 2 rings (SSSR count). The molecule has 1 aliphatic carbocycles. The highest BCUT2D eigenvalue weighted by Crippen LogP contribution is 2.37. The normalized spacial score (nSPS) is 25.2. The Morgan fingerprint density at radius 3 is 2.58 bits per heavy atom. The standard InChI is InChI=1S/C16H27N3/c1-3-10-17-16(15-9-11-18-19-12-15)14-7-5-13(4-2)6-8-14/h9,11-14,16-17H,3-8,10H2,1-2H3. The van der Waals surface area contributed by atoms with Crippen LogP contribution in [-0.2, 0) is 0 Å². The Bertz CT molecular complexity index is 344. The summed E-state index contributed by atoms with van der Waals surface area (Å²) in [6, 6.07) is 2.58. The molecule has 1 aromatic heterocycles. The second kappa shape index (κ2) is 7.59. The molecule has 0 aromatic carbocycles. The van der Waals surface area contributed by atoms with Crippen molar-refractivity contribution in [2.24, 2.45) is 11.8 Å². The quantitative estimate of drug-likeness (QED) is 0.848. The van der Waals surface area contributed by atoms with Crippen LogP contribution in [0.1, 0.15) is 64.0 Å². The lowest BCUT2D eigenvalue weighted by Gasteiger charge is -2.34. The topological polar surface area (TPSA) is 37.8 Å². The van der Waals surface area contributed by atoms with Crippen molar-refractivity contribution in [1.82, 2.24) is 15.5 Å². The van der Waals surface area contributed by atoms with Gasteiger partial charge in [-0.05, 0) is 49.3 Å². The molecule has 1 aromatic rings. The zero-order valence-corrected chi connectivity index (χ0v) is 12.3. The van der Waals surface area contributed by atoms with Crippen molar-refractivity contribution in [2.75, 3.05) is 6.54 Å². The maximum absolute atomic E-state index is 4.05. The van der Waals surface area contributed by atoms with Crippen molar-refractivity contribution in [3.8, 4) is 0 Å². The van der Waals surface area contributed by atoms with Crippen molar-refractivity contribution in [3.05, 3.63) is 24.0 Å². The summed E-state index contributed by atoms with van der Waals surface area (Å²) in [6.07, 6.45) is 11.8. The van der Waals surface area contributed by atoms with Crippen molar-refractivity contribution < 1.29 is 0 Å². The summed E-state index contributed by atoms with van der Waals surface area (Å²) in [7, 11) is 0. The summed E-state index contributed by atoms with van der Waals surface area (Å²) >= 11 is 0. The van der Waals surface area contributed by atoms with Crippen LogP contribution >= 0.6 is 0 Å². The molecule has 0 bridgehead atoms. The Morgan fingerprint density at radius 1 is 1.21 bits per heavy atom. The maximum atomic E-state index is 4.05. The predicted molar refractivity (Wildman–Crippen MR) is 78.8 cm³/mol. The lowest BCUT2D eigenvalue weighted by Crippen LogP contribution is -2.31. The van der Waals surface area contributed by atoms with Gasteiger partial charge in [0.15, 0.2) is 0 Å². The first-order valence-electron chi connectivity index (χ1n) is 7.85. The molecule has 19 heavy (non-hydrogen) atoms. The van der Waals surface area contributed by atoms with Crippen LogP contribution < -0.4 is 5.32 Å². The van der Waals surface area contributed by atoms with E-state index < -0.39 is 0 Å². The molecule has 0 radical (unpaired) electrons. The molecule has 1 N–H and O–H groups in total. The van der Waals surface area contributed by atoms with Crippen LogP contribution in [0.5, 0.6) is 0 Å². The van der Waals surface area contributed by atoms with Crippen LogP contribution in [0.3, 0.4) is 0 Å². The van der Waals surface area contributed by atoms with E-state index in [0.29, 0.717) is 6.04 Å². The monoisotopic (exact) mass is 261 g/mol. The molecule has 1 fully saturated rings. The number of hydrogen-bond donors (Lipinski definition) is 1. The minimum absolute atomic E-state index is 0.466. The highest BCUT2D eigenvalue weighted by Gasteiger charge is 2.27. The Hall–Kier alpha value is -0.960. The first kappa shape index (κ1) is 14.4. The van der Waals surface area contributed by atoms with Crippen LogP contribution in [0.25, 0.3) is 0 Å². The average molecular weight is 261 g/mol. The fourth-order valence-corrected chi connectivity index (χ4v) is 3.27. The second-order valence-electron chi connectivity index (χ2n) is 5.80. The predicted octanol–water partition coefficient (Wildman–Crippen LogP) is 3.73. The van der Waals surface area contributed by atoms with Gasteiger partial charge in [0.25, 0.3) is 0 Å². The number of rotatable bonds is 6. The van der Waals surface area contributed by atoms with E-state index in [-0.39, 0.29) is 0 Å². The van der Waals surface area contributed by atoms with Crippen molar-refractivity contribution >= 4 is 0 Å². The molecule has 0 saturated heterocycles. The van der Waals surface area contributed by atoms with Crippen LogP contribution in [0, 0.1) is 11.8 Å². The van der Waals surface area contributed by atoms with E-state index in [1.807, 2.05) is 12.4 Å². The largest absolute Gasteiger partial charge is 0.310 e. The van der Waals surface area contributed by atoms with Crippen molar-refractivity contribution in [3.63, 3.8) is 0 Å². The first-order valence-corrected chi connectivity index (χ1v) is 7.85. The number of hydrogen-bond acceptors (Lipinski definition) is 3. The van der Waals surface area contributed by atoms with Crippen LogP contribution in [0.4, 0.5) is 0 Å². The van der Waals surface area contributed by atoms with Gasteiger partial charge in [-0.1, -0.05) is 33.1 Å². The summed E-state index contributed by atoms with van der Waals surface area (Å²) in [5.74, 6) is 1.72. The molecule has 0 spiro atoms. The van der Waals surface area contributed by atoms with E-state index >= 15 is 0 Å². The number of nitrogens with zero attached hydrogens (tertiary/aromatic N) is 2. The summed E-state index contributed by atoms with van der Waals surface area (Å²) < 4.78 is 0. The third-order valence-electron chi connectivity index (χ3n) is 4.52. The first-order chi connectivity index (χ1) is 9.35. The Morgan fingerprint density at radius 2 is 2.00 bits per heavy atom. The fourth-order valence-electron chi connectivity index (χ4n) is 3.27. The third-order valence-corrected chi connectivity index (χ3v) is 4.52. The van der Waals surface area contributed by atoms with Gasteiger partial charge in [0.2, 0.25) is 0 Å². The molecular weight excluding hydrogens is 234 g/mol.